The predicted molar refractivity (Wildman–Crippen MR) is 294 cm³/mol. The summed E-state index contributed by atoms with van der Waals surface area (Å²) in [6.07, 6.45) is 29.8. The molecule has 4 saturated heterocycles. The zero-order chi connectivity index (χ0) is 55.2. The van der Waals surface area contributed by atoms with Crippen LogP contribution in [-0.4, -0.2) is 96.1 Å². The van der Waals surface area contributed by atoms with Gasteiger partial charge in [0.15, 0.2) is 11.5 Å². The topological polar surface area (TPSA) is 197 Å². The average molecular weight is 1130 g/mol. The Hall–Kier alpha value is -4.82. The fraction of sp³-hybridized carbons (Fsp3) is 0.694. The summed E-state index contributed by atoms with van der Waals surface area (Å²) in [6.45, 7) is 4.23. The number of hydrogen-bond donors (Lipinski definition) is 0. The van der Waals surface area contributed by atoms with Gasteiger partial charge in [0, 0.05) is 61.2 Å². The van der Waals surface area contributed by atoms with E-state index in [1.165, 1.54) is 116 Å². The van der Waals surface area contributed by atoms with Crippen LogP contribution in [0.1, 0.15) is 209 Å². The Bertz CT molecular complexity index is 3000. The quantitative estimate of drug-likeness (QED) is 0.0854. The van der Waals surface area contributed by atoms with E-state index in [2.05, 4.69) is 25.4 Å². The van der Waals surface area contributed by atoms with Crippen molar-refractivity contribution in [2.75, 3.05) is 13.2 Å². The molecule has 0 amide bonds. The molecule has 6 unspecified atom stereocenters. The first-order chi connectivity index (χ1) is 38.3. The number of carbonyl (C=O) groups excluding carboxylic acids is 3. The van der Waals surface area contributed by atoms with Crippen LogP contribution in [0, 0.1) is 23.7 Å². The Balaban J connectivity index is 0.000000167. The van der Waals surface area contributed by atoms with Gasteiger partial charge in [-0.05, 0) is 165 Å². The number of aromatic nitrogens is 4. The van der Waals surface area contributed by atoms with Gasteiger partial charge in [0.05, 0.1) is 41.7 Å². The van der Waals surface area contributed by atoms with Gasteiger partial charge in [0.25, 0.3) is 11.1 Å². The van der Waals surface area contributed by atoms with Crippen molar-refractivity contribution in [1.82, 2.24) is 28.9 Å². The molecule has 2 aromatic carbocycles. The fourth-order valence-corrected chi connectivity index (χ4v) is 16.9. The number of ketones is 1. The number of esters is 2. The van der Waals surface area contributed by atoms with Gasteiger partial charge in [-0.15, -0.1) is 0 Å². The summed E-state index contributed by atoms with van der Waals surface area (Å²) >= 11 is -3.79. The average Bonchev–Trinajstić information content (AvgIpc) is 3.62. The molecule has 0 radical (unpaired) electrons. The van der Waals surface area contributed by atoms with E-state index in [1.807, 2.05) is 54.0 Å². The molecular weight excluding hydrogens is 1040 g/mol. The molecule has 2 aromatic heterocycles. The summed E-state index contributed by atoms with van der Waals surface area (Å²) in [5, 5.41) is 0. The molecule has 8 aliphatic rings. The van der Waals surface area contributed by atoms with E-state index in [-0.39, 0.29) is 60.1 Å². The van der Waals surface area contributed by atoms with Crippen molar-refractivity contribution in [2.45, 2.75) is 236 Å². The molecule has 10 atom stereocenters. The number of Topliss-reactive ketones (excluding diaryl/α,β-unsaturated/α-hetero) is 1. The molecule has 79 heavy (non-hydrogen) atoms. The molecule has 12 rings (SSSR count). The normalized spacial score (nSPS) is 30.2. The van der Waals surface area contributed by atoms with Crippen LogP contribution in [0.4, 0.5) is 0 Å². The number of carbonyl (C=O) groups is 3. The standard InChI is InChI=1S/C31H41N3O4.C31H43N3O3.Cr.3O/c1-2-38-29(36)14-13-28(35)30-31(37)34(27-12-4-3-11-26(27)32-30)25-18-22-9-6-10-23(19-25)33(22)24-16-20-7-5-8-21(15-20)17-24;1-2-37-30(35)15-7-13-28-31(36)34(29-14-4-3-12-27(29)32-28)26-19-23-10-6-11-24(20-26)33(23)25-17-21-8-5-9-22(16-21)18-25;;;;/h3-4,11-12,20-25H,2,5-10,13-19H2,1H3;3-4,12,14,21-26H,2,5-11,13,15-20H2,1H3;;;;/t20?,21?,22-,23+,24?,25?;21?,22?,23-,24+,25?,26?;;;;. The number of hydrogen-bond acceptors (Lipinski definition) is 14. The molecule has 16 nitrogen and oxygen atoms in total. The van der Waals surface area contributed by atoms with Gasteiger partial charge in [0.1, 0.15) is 5.69 Å². The van der Waals surface area contributed by atoms with E-state index in [4.69, 9.17) is 25.9 Å². The van der Waals surface area contributed by atoms with Gasteiger partial charge in [-0.2, -0.15) is 0 Å². The van der Waals surface area contributed by atoms with Gasteiger partial charge in [-0.25, -0.2) is 9.97 Å². The summed E-state index contributed by atoms with van der Waals surface area (Å²) < 4.78 is 39.7. The van der Waals surface area contributed by atoms with Gasteiger partial charge < -0.3 is 18.6 Å². The predicted octanol–water partition coefficient (Wildman–Crippen LogP) is 10.9. The second kappa shape index (κ2) is 26.4. The second-order valence-electron chi connectivity index (χ2n) is 24.6. The molecule has 428 valence electrons. The zero-order valence-corrected chi connectivity index (χ0v) is 48.0. The fourth-order valence-electron chi connectivity index (χ4n) is 16.9. The van der Waals surface area contributed by atoms with E-state index >= 15 is 0 Å². The van der Waals surface area contributed by atoms with E-state index < -0.39 is 19.9 Å². The molecule has 8 fully saturated rings. The number of benzene rings is 2. The molecule has 17 heteroatoms. The SMILES string of the molecule is CCOC(=O)CCC(=O)c1nc2ccccc2n(C2C[C@H]3CCC[C@@H](C2)N3C2CC3CCCC(C3)C2)c1=O.CCOC(=O)CCCc1nc2ccccc2n(C2C[C@H]3CCC[C@@H](C2)N3C2CC3CCCC(C3)C2)c1=O.[O]=[Cr](=[O])=[O]. The van der Waals surface area contributed by atoms with Crippen LogP contribution in [0.15, 0.2) is 58.1 Å². The van der Waals surface area contributed by atoms with Crippen molar-refractivity contribution in [1.29, 1.82) is 0 Å². The van der Waals surface area contributed by atoms with Crippen LogP contribution in [0.5, 0.6) is 0 Å². The van der Waals surface area contributed by atoms with Crippen molar-refractivity contribution in [3.05, 3.63) is 80.6 Å². The Morgan fingerprint density at radius 2 is 0.899 bits per heavy atom. The molecule has 0 N–H and O–H groups in total. The second-order valence-corrected chi connectivity index (χ2v) is 25.2. The minimum absolute atomic E-state index is 0.0352. The monoisotopic (exact) mass is 1120 g/mol. The number of nitrogens with zero attached hydrogens (tertiary/aromatic N) is 6. The summed E-state index contributed by atoms with van der Waals surface area (Å²) in [6, 6.07) is 19.7. The third-order valence-electron chi connectivity index (χ3n) is 19.7. The minimum atomic E-state index is -3.79. The Morgan fingerprint density at radius 1 is 0.494 bits per heavy atom. The van der Waals surface area contributed by atoms with Crippen LogP contribution in [0.25, 0.3) is 22.1 Å². The molecular formula is C62H84CrN6O10. The van der Waals surface area contributed by atoms with E-state index in [1.54, 1.807) is 6.92 Å². The molecule has 4 aliphatic carbocycles. The number of ether oxygens (including phenoxy) is 2. The maximum atomic E-state index is 13.9. The number of piperidine rings is 4. The van der Waals surface area contributed by atoms with Crippen molar-refractivity contribution < 1.29 is 49.2 Å². The third-order valence-corrected chi connectivity index (χ3v) is 19.7. The van der Waals surface area contributed by atoms with E-state index in [0.29, 0.717) is 67.3 Å². The molecule has 8 bridgehead atoms. The maximum absolute atomic E-state index is 13.9. The molecule has 6 heterocycles. The van der Waals surface area contributed by atoms with Crippen LogP contribution in [0.3, 0.4) is 0 Å². The van der Waals surface area contributed by atoms with Gasteiger partial charge in [-0.3, -0.25) is 33.8 Å². The van der Waals surface area contributed by atoms with Crippen LogP contribution in [0.2, 0.25) is 0 Å². The van der Waals surface area contributed by atoms with E-state index in [0.717, 1.165) is 71.9 Å². The van der Waals surface area contributed by atoms with E-state index in [9.17, 15) is 24.0 Å². The first-order valence-electron chi connectivity index (χ1n) is 30.5. The summed E-state index contributed by atoms with van der Waals surface area (Å²) in [5.41, 5.74) is 3.62. The zero-order valence-electron chi connectivity index (χ0n) is 46.7. The van der Waals surface area contributed by atoms with Crippen molar-refractivity contribution in [3.63, 3.8) is 0 Å². The summed E-state index contributed by atoms with van der Waals surface area (Å²) in [7, 11) is 0. The van der Waals surface area contributed by atoms with Gasteiger partial charge in [-0.1, -0.05) is 75.6 Å². The number of rotatable bonds is 14. The van der Waals surface area contributed by atoms with Crippen molar-refractivity contribution >= 4 is 39.8 Å². The first kappa shape index (κ1) is 57.4. The summed E-state index contributed by atoms with van der Waals surface area (Å²) in [4.78, 5) is 79.7. The number of fused-ring (bicyclic) bond motifs is 10. The van der Waals surface area contributed by atoms with Crippen LogP contribution in [-0.2, 0) is 50.8 Å². The Morgan fingerprint density at radius 3 is 1.35 bits per heavy atom. The number of aryl methyl sites for hydroxylation is 1. The summed E-state index contributed by atoms with van der Waals surface area (Å²) in [5.74, 6) is 2.69. The Labute approximate surface area is 468 Å². The van der Waals surface area contributed by atoms with Gasteiger partial charge in [0.2, 0.25) is 0 Å². The first-order valence-corrected chi connectivity index (χ1v) is 32.1. The number of para-hydroxylation sites is 4. The molecule has 0 spiro atoms. The molecule has 4 saturated carbocycles. The van der Waals surface area contributed by atoms with Crippen LogP contribution >= 0.6 is 0 Å². The third kappa shape index (κ3) is 13.4. The van der Waals surface area contributed by atoms with Crippen molar-refractivity contribution in [2.24, 2.45) is 23.7 Å². The Kier molecular flexibility index (Phi) is 19.2. The van der Waals surface area contributed by atoms with Gasteiger partial charge >= 0.3 is 37.3 Å². The van der Waals surface area contributed by atoms with Crippen LogP contribution < -0.4 is 11.1 Å². The van der Waals surface area contributed by atoms with Crippen molar-refractivity contribution in [3.8, 4) is 0 Å². The molecule has 4 aliphatic heterocycles. The molecule has 4 aromatic rings.